The number of thioether (sulfide) groups is 1. The van der Waals surface area contributed by atoms with Crippen molar-refractivity contribution < 1.29 is 9.90 Å². The molecule has 2 N–H and O–H groups in total. The molecule has 2 heterocycles. The molecular weight excluding hydrogens is 322 g/mol. The molecule has 1 amide bonds. The van der Waals surface area contributed by atoms with Gasteiger partial charge in [-0.1, -0.05) is 0 Å². The van der Waals surface area contributed by atoms with Gasteiger partial charge in [0, 0.05) is 27.3 Å². The zero-order valence-corrected chi connectivity index (χ0v) is 11.8. The van der Waals surface area contributed by atoms with Crippen LogP contribution in [0.15, 0.2) is 21.5 Å². The molecular formula is C11H8BrNO2S2. The van der Waals surface area contributed by atoms with Crippen molar-refractivity contribution in [2.45, 2.75) is 4.90 Å². The number of aromatic hydroxyl groups is 1. The Balaban J connectivity index is 2.36. The highest BCUT2D eigenvalue weighted by atomic mass is 79.9. The number of thiophene rings is 1. The smallest absolute Gasteiger partial charge is 0.262 e. The SMILES string of the molecule is O=C1NCCSc2c1sc1ccc(O)c(Br)c21. The topological polar surface area (TPSA) is 49.3 Å². The van der Waals surface area contributed by atoms with Gasteiger partial charge in [0.1, 0.15) is 10.6 Å². The van der Waals surface area contributed by atoms with Crippen molar-refractivity contribution in [3.63, 3.8) is 0 Å². The van der Waals surface area contributed by atoms with Crippen LogP contribution in [-0.4, -0.2) is 23.3 Å². The van der Waals surface area contributed by atoms with E-state index >= 15 is 0 Å². The number of carbonyl (C=O) groups is 1. The first-order chi connectivity index (χ1) is 8.18. The van der Waals surface area contributed by atoms with Crippen molar-refractivity contribution in [1.82, 2.24) is 5.32 Å². The minimum absolute atomic E-state index is 0.0161. The van der Waals surface area contributed by atoms with E-state index in [-0.39, 0.29) is 11.7 Å². The normalized spacial score (nSPS) is 15.5. The average molecular weight is 330 g/mol. The lowest BCUT2D eigenvalue weighted by Gasteiger charge is -2.01. The number of fused-ring (bicyclic) bond motifs is 3. The van der Waals surface area contributed by atoms with Crippen LogP contribution in [0.1, 0.15) is 9.67 Å². The van der Waals surface area contributed by atoms with Crippen LogP contribution in [0.25, 0.3) is 10.1 Å². The summed E-state index contributed by atoms with van der Waals surface area (Å²) in [6, 6.07) is 3.49. The Morgan fingerprint density at radius 1 is 1.41 bits per heavy atom. The van der Waals surface area contributed by atoms with Crippen LogP contribution in [0.4, 0.5) is 0 Å². The molecule has 0 saturated carbocycles. The Bertz CT molecular complexity index is 623. The highest BCUT2D eigenvalue weighted by Crippen LogP contribution is 2.45. The fourth-order valence-electron chi connectivity index (χ4n) is 1.80. The standard InChI is InChI=1S/C11H8BrNO2S2/c12-8-5(14)1-2-6-7(8)9-10(17-6)11(15)13-3-4-16-9/h1-2,14H,3-4H2,(H,13,15). The van der Waals surface area contributed by atoms with Crippen LogP contribution in [0.2, 0.25) is 0 Å². The summed E-state index contributed by atoms with van der Waals surface area (Å²) in [4.78, 5) is 13.6. The summed E-state index contributed by atoms with van der Waals surface area (Å²) in [5, 5.41) is 13.5. The van der Waals surface area contributed by atoms with E-state index in [0.29, 0.717) is 11.0 Å². The molecule has 17 heavy (non-hydrogen) atoms. The van der Waals surface area contributed by atoms with Crippen LogP contribution in [-0.2, 0) is 0 Å². The molecule has 0 spiro atoms. The fraction of sp³-hybridized carbons (Fsp3) is 0.182. The number of phenols is 1. The molecule has 3 nitrogen and oxygen atoms in total. The molecule has 0 fully saturated rings. The van der Waals surface area contributed by atoms with Crippen LogP contribution in [0.5, 0.6) is 5.75 Å². The summed E-state index contributed by atoms with van der Waals surface area (Å²) in [6.07, 6.45) is 0. The van der Waals surface area contributed by atoms with E-state index < -0.39 is 0 Å². The quantitative estimate of drug-likeness (QED) is 0.780. The van der Waals surface area contributed by atoms with Gasteiger partial charge < -0.3 is 10.4 Å². The Kier molecular flexibility index (Phi) is 2.80. The molecule has 1 aromatic heterocycles. The number of carbonyl (C=O) groups excluding carboxylic acids is 1. The van der Waals surface area contributed by atoms with Gasteiger partial charge in [0.05, 0.1) is 4.47 Å². The first-order valence-corrected chi connectivity index (χ1v) is 7.63. The minimum atomic E-state index is -0.0161. The van der Waals surface area contributed by atoms with Crippen molar-refractivity contribution in [2.75, 3.05) is 12.3 Å². The van der Waals surface area contributed by atoms with Gasteiger partial charge in [0.15, 0.2) is 0 Å². The van der Waals surface area contributed by atoms with Gasteiger partial charge >= 0.3 is 0 Å². The van der Waals surface area contributed by atoms with Crippen molar-refractivity contribution in [1.29, 1.82) is 0 Å². The highest BCUT2D eigenvalue weighted by Gasteiger charge is 2.23. The second-order valence-corrected chi connectivity index (χ2v) is 6.59. The molecule has 0 aliphatic carbocycles. The van der Waals surface area contributed by atoms with Gasteiger partial charge in [-0.25, -0.2) is 0 Å². The Morgan fingerprint density at radius 2 is 2.24 bits per heavy atom. The predicted molar refractivity (Wildman–Crippen MR) is 74.2 cm³/mol. The second-order valence-electron chi connectivity index (χ2n) is 3.64. The third-order valence-corrected chi connectivity index (χ3v) is 5.76. The van der Waals surface area contributed by atoms with Gasteiger partial charge in [-0.2, -0.15) is 0 Å². The highest BCUT2D eigenvalue weighted by molar-refractivity contribution is 9.10. The average Bonchev–Trinajstić information content (AvgIpc) is 2.60. The second kappa shape index (κ2) is 4.19. The number of benzene rings is 1. The summed E-state index contributed by atoms with van der Waals surface area (Å²) >= 11 is 6.52. The molecule has 0 radical (unpaired) electrons. The zero-order valence-electron chi connectivity index (χ0n) is 8.62. The van der Waals surface area contributed by atoms with E-state index in [2.05, 4.69) is 21.2 Å². The fourth-order valence-corrected chi connectivity index (χ4v) is 4.98. The maximum absolute atomic E-state index is 11.9. The predicted octanol–water partition coefficient (Wildman–Crippen LogP) is 3.20. The van der Waals surface area contributed by atoms with Gasteiger partial charge in [0.25, 0.3) is 5.91 Å². The molecule has 1 aliphatic heterocycles. The molecule has 88 valence electrons. The number of nitrogens with one attached hydrogen (secondary N) is 1. The summed E-state index contributed by atoms with van der Waals surface area (Å²) in [5.74, 6) is 1.05. The maximum atomic E-state index is 11.9. The monoisotopic (exact) mass is 329 g/mol. The number of hydrogen-bond donors (Lipinski definition) is 2. The number of halogens is 1. The zero-order chi connectivity index (χ0) is 12.0. The summed E-state index contributed by atoms with van der Waals surface area (Å²) in [5.41, 5.74) is 0. The molecule has 0 atom stereocenters. The van der Waals surface area contributed by atoms with E-state index in [4.69, 9.17) is 0 Å². The van der Waals surface area contributed by atoms with Gasteiger partial charge in [0.2, 0.25) is 0 Å². The van der Waals surface area contributed by atoms with E-state index in [0.717, 1.165) is 25.6 Å². The van der Waals surface area contributed by atoms with E-state index in [1.54, 1.807) is 17.8 Å². The van der Waals surface area contributed by atoms with E-state index in [1.165, 1.54) is 11.3 Å². The number of phenolic OH excluding ortho intramolecular Hbond substituents is 1. The minimum Gasteiger partial charge on any atom is -0.507 e. The van der Waals surface area contributed by atoms with Crippen LogP contribution in [0, 0.1) is 0 Å². The molecule has 0 saturated heterocycles. The van der Waals surface area contributed by atoms with Gasteiger partial charge in [-0.3, -0.25) is 4.79 Å². The number of rotatable bonds is 0. The van der Waals surface area contributed by atoms with Gasteiger partial charge in [-0.15, -0.1) is 23.1 Å². The largest absolute Gasteiger partial charge is 0.507 e. The third kappa shape index (κ3) is 1.75. The Morgan fingerprint density at radius 3 is 3.06 bits per heavy atom. The molecule has 0 unspecified atom stereocenters. The van der Waals surface area contributed by atoms with Crippen molar-refractivity contribution in [3.05, 3.63) is 21.5 Å². The first kappa shape index (κ1) is 11.4. The first-order valence-electron chi connectivity index (χ1n) is 5.03. The van der Waals surface area contributed by atoms with E-state index in [9.17, 15) is 9.90 Å². The third-order valence-electron chi connectivity index (χ3n) is 2.57. The number of hydrogen-bond acceptors (Lipinski definition) is 4. The van der Waals surface area contributed by atoms with Crippen LogP contribution in [0.3, 0.4) is 0 Å². The lowest BCUT2D eigenvalue weighted by molar-refractivity contribution is 0.0959. The maximum Gasteiger partial charge on any atom is 0.262 e. The Labute approximate surface area is 114 Å². The van der Waals surface area contributed by atoms with E-state index in [1.807, 2.05) is 6.07 Å². The summed E-state index contributed by atoms with van der Waals surface area (Å²) in [7, 11) is 0. The van der Waals surface area contributed by atoms with Crippen molar-refractivity contribution in [2.24, 2.45) is 0 Å². The molecule has 6 heteroatoms. The van der Waals surface area contributed by atoms with Crippen molar-refractivity contribution >= 4 is 55.0 Å². The van der Waals surface area contributed by atoms with Crippen LogP contribution < -0.4 is 5.32 Å². The summed E-state index contributed by atoms with van der Waals surface area (Å²) < 4.78 is 1.69. The molecule has 0 bridgehead atoms. The lowest BCUT2D eigenvalue weighted by atomic mass is 10.2. The van der Waals surface area contributed by atoms with Gasteiger partial charge in [-0.05, 0) is 28.1 Å². The molecule has 3 rings (SSSR count). The molecule has 1 aromatic carbocycles. The van der Waals surface area contributed by atoms with Crippen LogP contribution >= 0.6 is 39.0 Å². The lowest BCUT2D eigenvalue weighted by Crippen LogP contribution is -2.22. The Hall–Kier alpha value is -0.720. The number of amides is 1. The summed E-state index contributed by atoms with van der Waals surface area (Å²) in [6.45, 7) is 0.683. The molecule has 1 aliphatic rings. The van der Waals surface area contributed by atoms with Crippen molar-refractivity contribution in [3.8, 4) is 5.75 Å². The molecule has 2 aromatic rings.